The van der Waals surface area contributed by atoms with Gasteiger partial charge in [-0.25, -0.2) is 0 Å². The van der Waals surface area contributed by atoms with E-state index < -0.39 is 0 Å². The molecule has 60 valence electrons. The van der Waals surface area contributed by atoms with E-state index in [4.69, 9.17) is 23.2 Å². The zero-order chi connectivity index (χ0) is 8.43. The SMILES string of the molecule is Cc1cc(Cl)c(Cl)cc1CBr. The fourth-order valence-corrected chi connectivity index (χ4v) is 1.84. The summed E-state index contributed by atoms with van der Waals surface area (Å²) >= 11 is 15.0. The van der Waals surface area contributed by atoms with Crippen LogP contribution >= 0.6 is 39.1 Å². The van der Waals surface area contributed by atoms with E-state index in [9.17, 15) is 0 Å². The normalized spacial score (nSPS) is 10.2. The Labute approximate surface area is 84.6 Å². The highest BCUT2D eigenvalue weighted by Gasteiger charge is 2.01. The van der Waals surface area contributed by atoms with E-state index in [1.165, 1.54) is 5.56 Å². The first-order valence-electron chi connectivity index (χ1n) is 3.15. The molecule has 1 aromatic carbocycles. The van der Waals surface area contributed by atoms with Crippen LogP contribution in [0.4, 0.5) is 0 Å². The first-order valence-corrected chi connectivity index (χ1v) is 5.03. The van der Waals surface area contributed by atoms with E-state index >= 15 is 0 Å². The zero-order valence-corrected chi connectivity index (χ0v) is 9.09. The smallest absolute Gasteiger partial charge is 0.0595 e. The molecule has 0 fully saturated rings. The molecule has 0 aliphatic heterocycles. The van der Waals surface area contributed by atoms with Gasteiger partial charge in [0.15, 0.2) is 0 Å². The van der Waals surface area contributed by atoms with Gasteiger partial charge in [0.2, 0.25) is 0 Å². The Balaban J connectivity index is 3.21. The Hall–Kier alpha value is 0.280. The van der Waals surface area contributed by atoms with Crippen LogP contribution < -0.4 is 0 Å². The standard InChI is InChI=1S/C8H7BrCl2/c1-5-2-7(10)8(11)3-6(5)4-9/h2-3H,4H2,1H3. The Morgan fingerprint density at radius 2 is 1.82 bits per heavy atom. The van der Waals surface area contributed by atoms with Crippen molar-refractivity contribution in [1.29, 1.82) is 0 Å². The average Bonchev–Trinajstić information content (AvgIpc) is 1.97. The van der Waals surface area contributed by atoms with Crippen LogP contribution in [0.1, 0.15) is 11.1 Å². The van der Waals surface area contributed by atoms with Crippen molar-refractivity contribution in [2.75, 3.05) is 0 Å². The van der Waals surface area contributed by atoms with Crippen molar-refractivity contribution in [2.24, 2.45) is 0 Å². The fourth-order valence-electron chi connectivity index (χ4n) is 0.831. The maximum atomic E-state index is 5.81. The fraction of sp³-hybridized carbons (Fsp3) is 0.250. The van der Waals surface area contributed by atoms with Gasteiger partial charge in [-0.3, -0.25) is 0 Å². The Kier molecular flexibility index (Phi) is 3.23. The molecule has 0 radical (unpaired) electrons. The Bertz CT molecular complexity index is 271. The van der Waals surface area contributed by atoms with Crippen molar-refractivity contribution in [3.8, 4) is 0 Å². The number of rotatable bonds is 1. The summed E-state index contributed by atoms with van der Waals surface area (Å²) in [6, 6.07) is 3.76. The first-order chi connectivity index (χ1) is 5.15. The molecule has 0 spiro atoms. The molecule has 0 saturated carbocycles. The van der Waals surface area contributed by atoms with Gasteiger partial charge in [0.1, 0.15) is 0 Å². The van der Waals surface area contributed by atoms with E-state index in [0.29, 0.717) is 10.0 Å². The van der Waals surface area contributed by atoms with Crippen molar-refractivity contribution in [2.45, 2.75) is 12.3 Å². The Morgan fingerprint density at radius 3 is 2.36 bits per heavy atom. The summed E-state index contributed by atoms with van der Waals surface area (Å²) in [5.74, 6) is 0. The van der Waals surface area contributed by atoms with Crippen molar-refractivity contribution in [3.63, 3.8) is 0 Å². The predicted molar refractivity (Wildman–Crippen MR) is 53.8 cm³/mol. The summed E-state index contributed by atoms with van der Waals surface area (Å²) in [6.07, 6.45) is 0. The molecule has 0 nitrogen and oxygen atoms in total. The summed E-state index contributed by atoms with van der Waals surface area (Å²) in [6.45, 7) is 2.01. The van der Waals surface area contributed by atoms with E-state index in [-0.39, 0.29) is 0 Å². The molecule has 0 aliphatic rings. The zero-order valence-electron chi connectivity index (χ0n) is 6.00. The van der Waals surface area contributed by atoms with Crippen LogP contribution in [0.25, 0.3) is 0 Å². The number of benzene rings is 1. The molecule has 0 N–H and O–H groups in total. The highest BCUT2D eigenvalue weighted by Crippen LogP contribution is 2.26. The topological polar surface area (TPSA) is 0 Å². The third-order valence-corrected chi connectivity index (χ3v) is 2.85. The minimum absolute atomic E-state index is 0.617. The quantitative estimate of drug-likeness (QED) is 0.659. The molecule has 0 aliphatic carbocycles. The van der Waals surface area contributed by atoms with Gasteiger partial charge in [-0.2, -0.15) is 0 Å². The van der Waals surface area contributed by atoms with E-state index in [0.717, 1.165) is 10.9 Å². The van der Waals surface area contributed by atoms with Gasteiger partial charge < -0.3 is 0 Å². The highest BCUT2D eigenvalue weighted by atomic mass is 79.9. The third-order valence-electron chi connectivity index (χ3n) is 1.52. The van der Waals surface area contributed by atoms with Gasteiger partial charge >= 0.3 is 0 Å². The summed E-state index contributed by atoms with van der Waals surface area (Å²) in [4.78, 5) is 0. The van der Waals surface area contributed by atoms with Crippen molar-refractivity contribution >= 4 is 39.1 Å². The van der Waals surface area contributed by atoms with Gasteiger partial charge in [-0.05, 0) is 30.2 Å². The second-order valence-electron chi connectivity index (χ2n) is 2.33. The van der Waals surface area contributed by atoms with Crippen LogP contribution in [-0.4, -0.2) is 0 Å². The van der Waals surface area contributed by atoms with Crippen LogP contribution in [-0.2, 0) is 5.33 Å². The molecule has 0 amide bonds. The number of hydrogen-bond acceptors (Lipinski definition) is 0. The lowest BCUT2D eigenvalue weighted by Crippen LogP contribution is -1.84. The Morgan fingerprint density at radius 1 is 1.27 bits per heavy atom. The second kappa shape index (κ2) is 3.79. The molecular formula is C8H7BrCl2. The lowest BCUT2D eigenvalue weighted by molar-refractivity contribution is 1.32. The minimum Gasteiger partial charge on any atom is -0.0876 e. The summed E-state index contributed by atoms with van der Waals surface area (Å²) in [5.41, 5.74) is 2.34. The molecule has 0 unspecified atom stereocenters. The maximum Gasteiger partial charge on any atom is 0.0595 e. The van der Waals surface area contributed by atoms with Gasteiger partial charge in [0.05, 0.1) is 10.0 Å². The lowest BCUT2D eigenvalue weighted by Gasteiger charge is -2.03. The summed E-state index contributed by atoms with van der Waals surface area (Å²) in [5, 5.41) is 2.05. The van der Waals surface area contributed by atoms with Gasteiger partial charge in [-0.15, -0.1) is 0 Å². The monoisotopic (exact) mass is 252 g/mol. The third kappa shape index (κ3) is 2.11. The van der Waals surface area contributed by atoms with Gasteiger partial charge in [0, 0.05) is 5.33 Å². The molecule has 1 aromatic rings. The molecule has 0 saturated heterocycles. The van der Waals surface area contributed by atoms with E-state index in [1.807, 2.05) is 19.1 Å². The van der Waals surface area contributed by atoms with Crippen LogP contribution in [0, 0.1) is 6.92 Å². The minimum atomic E-state index is 0.617. The van der Waals surface area contributed by atoms with Gasteiger partial charge in [-0.1, -0.05) is 39.1 Å². The largest absolute Gasteiger partial charge is 0.0876 e. The van der Waals surface area contributed by atoms with E-state index in [1.54, 1.807) is 0 Å². The number of hydrogen-bond donors (Lipinski definition) is 0. The molecular weight excluding hydrogens is 247 g/mol. The average molecular weight is 254 g/mol. The summed E-state index contributed by atoms with van der Waals surface area (Å²) < 4.78 is 0. The molecule has 3 heteroatoms. The van der Waals surface area contributed by atoms with Crippen molar-refractivity contribution < 1.29 is 0 Å². The first kappa shape index (κ1) is 9.37. The predicted octanol–water partition coefficient (Wildman–Crippen LogP) is 4.20. The number of aryl methyl sites for hydroxylation is 1. The molecule has 11 heavy (non-hydrogen) atoms. The molecule has 0 bridgehead atoms. The second-order valence-corrected chi connectivity index (χ2v) is 3.70. The molecule has 0 heterocycles. The van der Waals surface area contributed by atoms with E-state index in [2.05, 4.69) is 15.9 Å². The number of alkyl halides is 1. The van der Waals surface area contributed by atoms with Crippen molar-refractivity contribution in [3.05, 3.63) is 33.3 Å². The number of halogens is 3. The molecule has 0 atom stereocenters. The van der Waals surface area contributed by atoms with Crippen LogP contribution in [0.3, 0.4) is 0 Å². The van der Waals surface area contributed by atoms with Crippen LogP contribution in [0.5, 0.6) is 0 Å². The van der Waals surface area contributed by atoms with Crippen molar-refractivity contribution in [1.82, 2.24) is 0 Å². The lowest BCUT2D eigenvalue weighted by atomic mass is 10.1. The van der Waals surface area contributed by atoms with Crippen LogP contribution in [0.2, 0.25) is 10.0 Å². The van der Waals surface area contributed by atoms with Crippen LogP contribution in [0.15, 0.2) is 12.1 Å². The molecule has 0 aromatic heterocycles. The van der Waals surface area contributed by atoms with Gasteiger partial charge in [0.25, 0.3) is 0 Å². The summed E-state index contributed by atoms with van der Waals surface area (Å²) in [7, 11) is 0. The molecule has 1 rings (SSSR count). The highest BCUT2D eigenvalue weighted by molar-refractivity contribution is 9.08. The maximum absolute atomic E-state index is 5.81.